The van der Waals surface area contributed by atoms with Crippen LogP contribution in [0.3, 0.4) is 0 Å². The second-order valence-corrected chi connectivity index (χ2v) is 13.8. The van der Waals surface area contributed by atoms with E-state index in [0.717, 1.165) is 67.9 Å². The van der Waals surface area contributed by atoms with E-state index in [1.165, 1.54) is 39.9 Å². The van der Waals surface area contributed by atoms with E-state index in [1.54, 1.807) is 26.4 Å². The van der Waals surface area contributed by atoms with Gasteiger partial charge in [0.2, 0.25) is 5.91 Å². The Morgan fingerprint density at radius 1 is 0.815 bits per heavy atom. The van der Waals surface area contributed by atoms with Gasteiger partial charge in [-0.25, -0.2) is 4.39 Å². The fraction of sp³-hybridized carbons (Fsp3) is 0.311. The summed E-state index contributed by atoms with van der Waals surface area (Å²) in [6, 6.07) is 40.6. The second kappa shape index (κ2) is 20.2. The van der Waals surface area contributed by atoms with Gasteiger partial charge in [-0.1, -0.05) is 84.9 Å². The Morgan fingerprint density at radius 2 is 1.41 bits per heavy atom. The van der Waals surface area contributed by atoms with Gasteiger partial charge in [-0.2, -0.15) is 0 Å². The summed E-state index contributed by atoms with van der Waals surface area (Å²) in [6.07, 6.45) is 5.53. The summed E-state index contributed by atoms with van der Waals surface area (Å²) in [5.74, 6) is 1.24. The Labute approximate surface area is 332 Å². The number of carbonyl (C=O) groups is 1. The third-order valence-corrected chi connectivity index (χ3v) is 10.6. The van der Waals surface area contributed by atoms with Gasteiger partial charge in [-0.15, -0.1) is 24.8 Å². The normalized spacial score (nSPS) is 13.9. The highest BCUT2D eigenvalue weighted by Gasteiger charge is 2.35. The summed E-state index contributed by atoms with van der Waals surface area (Å²) in [5, 5.41) is 3.15. The number of halogens is 3. The zero-order valence-electron chi connectivity index (χ0n) is 31.1. The van der Waals surface area contributed by atoms with Crippen LogP contribution < -0.4 is 20.5 Å². The predicted molar refractivity (Wildman–Crippen MR) is 222 cm³/mol. The molecule has 1 heterocycles. The van der Waals surface area contributed by atoms with Gasteiger partial charge in [0.05, 0.1) is 20.3 Å². The van der Waals surface area contributed by atoms with Crippen LogP contribution in [0, 0.1) is 5.82 Å². The highest BCUT2D eigenvalue weighted by molar-refractivity contribution is 5.85. The molecule has 0 saturated heterocycles. The number of fused-ring (bicyclic) bond motifs is 1. The first-order chi connectivity index (χ1) is 25.4. The summed E-state index contributed by atoms with van der Waals surface area (Å²) in [5.41, 5.74) is 13.9. The van der Waals surface area contributed by atoms with Crippen LogP contribution in [0.15, 0.2) is 121 Å². The number of nitrogens with one attached hydrogen (secondary N) is 1. The van der Waals surface area contributed by atoms with Gasteiger partial charge in [0.15, 0.2) is 11.5 Å². The molecule has 1 unspecified atom stereocenters. The SMILES string of the molecule is COc1cc2c(cc1OC)C(c1ccc(N)cc1)N(CCCC(CCCNC(=O)CCc1ccc(F)cc1)(c1ccccc1)c1ccccc1)CC2.Cl.Cl. The Bertz CT molecular complexity index is 1850. The number of amides is 1. The maximum Gasteiger partial charge on any atom is 0.220 e. The molecule has 0 fully saturated rings. The molecule has 1 atom stereocenters. The van der Waals surface area contributed by atoms with E-state index in [0.29, 0.717) is 19.4 Å². The lowest BCUT2D eigenvalue weighted by Crippen LogP contribution is -2.38. The van der Waals surface area contributed by atoms with E-state index in [9.17, 15) is 9.18 Å². The predicted octanol–water partition coefficient (Wildman–Crippen LogP) is 9.51. The molecule has 5 aromatic carbocycles. The summed E-state index contributed by atoms with van der Waals surface area (Å²) in [6.45, 7) is 2.42. The van der Waals surface area contributed by atoms with Crippen molar-refractivity contribution < 1.29 is 18.7 Å². The number of nitrogens with two attached hydrogens (primary N) is 1. The van der Waals surface area contributed by atoms with Gasteiger partial charge < -0.3 is 20.5 Å². The van der Waals surface area contributed by atoms with Gasteiger partial charge in [0.25, 0.3) is 0 Å². The molecule has 0 spiro atoms. The Balaban J connectivity index is 0.00000325. The second-order valence-electron chi connectivity index (χ2n) is 13.8. The van der Waals surface area contributed by atoms with Crippen LogP contribution in [0.5, 0.6) is 11.5 Å². The summed E-state index contributed by atoms with van der Waals surface area (Å²) >= 11 is 0. The number of aryl methyl sites for hydroxylation is 1. The average Bonchev–Trinajstić information content (AvgIpc) is 3.19. The number of benzene rings is 5. The summed E-state index contributed by atoms with van der Waals surface area (Å²) in [4.78, 5) is 15.4. The van der Waals surface area contributed by atoms with E-state index in [2.05, 4.69) is 95.1 Å². The number of hydrogen-bond donors (Lipinski definition) is 2. The van der Waals surface area contributed by atoms with Crippen LogP contribution in [0.1, 0.15) is 71.5 Å². The van der Waals surface area contributed by atoms with E-state index in [4.69, 9.17) is 15.2 Å². The highest BCUT2D eigenvalue weighted by atomic mass is 35.5. The van der Waals surface area contributed by atoms with E-state index in [-0.39, 0.29) is 48.0 Å². The number of ether oxygens (including phenoxy) is 2. The largest absolute Gasteiger partial charge is 0.493 e. The molecule has 286 valence electrons. The number of carbonyl (C=O) groups excluding carboxylic acids is 1. The Kier molecular flexibility index (Phi) is 15.8. The molecule has 6 rings (SSSR count). The molecule has 0 saturated carbocycles. The lowest BCUT2D eigenvalue weighted by molar-refractivity contribution is -0.121. The van der Waals surface area contributed by atoms with Crippen molar-refractivity contribution >= 4 is 36.4 Å². The standard InChI is InChI=1S/C45H50FN3O3.2ClH/c1-51-41-31-35-25-30-49(44(40(35)32-42(41)52-2)34-18-22-39(47)23-19-34)29-10-27-45(36-11-5-3-6-12-36,37-13-7-4-8-14-37)26-9-28-48-43(50)24-17-33-15-20-38(46)21-16-33;;/h3-8,11-16,18-23,31-32,44H,9-10,17,24-30,47H2,1-2H3,(H,48,50);2*1H. The average molecular weight is 773 g/mol. The van der Waals surface area contributed by atoms with Gasteiger partial charge in [0, 0.05) is 30.6 Å². The van der Waals surface area contributed by atoms with Gasteiger partial charge >= 0.3 is 0 Å². The fourth-order valence-electron chi connectivity index (χ4n) is 7.89. The molecular weight excluding hydrogens is 720 g/mol. The first-order valence-electron chi connectivity index (χ1n) is 18.4. The monoisotopic (exact) mass is 771 g/mol. The molecule has 0 aliphatic carbocycles. The highest BCUT2D eigenvalue weighted by Crippen LogP contribution is 2.44. The number of nitrogens with zero attached hydrogens (tertiary/aromatic N) is 1. The Morgan fingerprint density at radius 3 is 2.02 bits per heavy atom. The van der Waals surface area contributed by atoms with Crippen LogP contribution in [-0.4, -0.2) is 44.7 Å². The maximum absolute atomic E-state index is 13.3. The van der Waals surface area contributed by atoms with Crippen LogP contribution in [-0.2, 0) is 23.1 Å². The van der Waals surface area contributed by atoms with Gasteiger partial charge in [-0.3, -0.25) is 9.69 Å². The van der Waals surface area contributed by atoms with Gasteiger partial charge in [-0.05, 0) is 115 Å². The molecule has 1 amide bonds. The lowest BCUT2D eigenvalue weighted by atomic mass is 9.68. The van der Waals surface area contributed by atoms with Crippen molar-refractivity contribution in [1.82, 2.24) is 10.2 Å². The summed E-state index contributed by atoms with van der Waals surface area (Å²) in [7, 11) is 3.38. The molecule has 54 heavy (non-hydrogen) atoms. The summed E-state index contributed by atoms with van der Waals surface area (Å²) < 4.78 is 24.7. The molecule has 0 bridgehead atoms. The first kappa shape index (κ1) is 42.2. The lowest BCUT2D eigenvalue weighted by Gasteiger charge is -2.40. The van der Waals surface area contributed by atoms with Crippen molar-refractivity contribution in [3.63, 3.8) is 0 Å². The molecule has 0 aromatic heterocycles. The number of hydrogen-bond acceptors (Lipinski definition) is 5. The Hall–Kier alpha value is -4.56. The van der Waals surface area contributed by atoms with Crippen LogP contribution in [0.25, 0.3) is 0 Å². The third kappa shape index (κ3) is 10.1. The maximum atomic E-state index is 13.3. The minimum absolute atomic E-state index is 0. The molecule has 1 aliphatic heterocycles. The van der Waals surface area contributed by atoms with E-state index in [1.807, 2.05) is 12.1 Å². The van der Waals surface area contributed by atoms with Crippen molar-refractivity contribution in [2.24, 2.45) is 0 Å². The fourth-order valence-corrected chi connectivity index (χ4v) is 7.89. The third-order valence-electron chi connectivity index (χ3n) is 10.6. The minimum atomic E-state index is -0.266. The topological polar surface area (TPSA) is 76.8 Å². The van der Waals surface area contributed by atoms with Crippen LogP contribution in [0.2, 0.25) is 0 Å². The van der Waals surface area contributed by atoms with Crippen molar-refractivity contribution in [3.05, 3.63) is 161 Å². The van der Waals surface area contributed by atoms with Crippen molar-refractivity contribution in [2.45, 2.75) is 56.4 Å². The van der Waals surface area contributed by atoms with E-state index >= 15 is 0 Å². The molecule has 3 N–H and O–H groups in total. The number of rotatable bonds is 16. The van der Waals surface area contributed by atoms with Crippen LogP contribution in [0.4, 0.5) is 10.1 Å². The number of nitrogen functional groups attached to an aromatic ring is 1. The molecule has 9 heteroatoms. The van der Waals surface area contributed by atoms with Crippen LogP contribution >= 0.6 is 24.8 Å². The zero-order chi connectivity index (χ0) is 36.3. The molecule has 6 nitrogen and oxygen atoms in total. The quantitative estimate of drug-likeness (QED) is 0.0773. The first-order valence-corrected chi connectivity index (χ1v) is 18.4. The minimum Gasteiger partial charge on any atom is -0.493 e. The van der Waals surface area contributed by atoms with E-state index < -0.39 is 0 Å². The number of methoxy groups -OCH3 is 2. The molecule has 5 aromatic rings. The smallest absolute Gasteiger partial charge is 0.220 e. The number of anilines is 1. The molecular formula is C45H52Cl2FN3O3. The molecule has 1 aliphatic rings. The molecule has 0 radical (unpaired) electrons. The van der Waals surface area contributed by atoms with Gasteiger partial charge in [0.1, 0.15) is 5.82 Å². The van der Waals surface area contributed by atoms with Crippen molar-refractivity contribution in [1.29, 1.82) is 0 Å². The van der Waals surface area contributed by atoms with Crippen molar-refractivity contribution in [2.75, 3.05) is 39.6 Å². The van der Waals surface area contributed by atoms with Crippen molar-refractivity contribution in [3.8, 4) is 11.5 Å². The zero-order valence-corrected chi connectivity index (χ0v) is 32.8.